The lowest BCUT2D eigenvalue weighted by atomic mass is 10.1. The minimum Gasteiger partial charge on any atom is -0.304 e. The molecule has 0 aromatic rings. The van der Waals surface area contributed by atoms with E-state index in [2.05, 4.69) is 10.1 Å². The number of hydrogen-bond acceptors (Lipinski definition) is 2. The summed E-state index contributed by atoms with van der Waals surface area (Å²) in [5.74, 6) is 0. The molecule has 0 amide bonds. The van der Waals surface area contributed by atoms with Crippen LogP contribution in [0.1, 0.15) is 19.3 Å². The molecule has 1 N–H and O–H groups in total. The minimum atomic E-state index is -2.64. The number of ether oxygens (including phenoxy) is 1. The Morgan fingerprint density at radius 3 is 2.70 bits per heavy atom. The van der Waals surface area contributed by atoms with Crippen molar-refractivity contribution in [3.8, 4) is 0 Å². The lowest BCUT2D eigenvalue weighted by Crippen LogP contribution is -2.37. The molecule has 10 heavy (non-hydrogen) atoms. The van der Waals surface area contributed by atoms with Crippen molar-refractivity contribution in [2.45, 2.75) is 32.1 Å². The lowest BCUT2D eigenvalue weighted by Gasteiger charge is -2.22. The van der Waals surface area contributed by atoms with Crippen molar-refractivity contribution in [1.82, 2.24) is 5.32 Å². The van der Waals surface area contributed by atoms with Gasteiger partial charge in [-0.15, -0.1) is 0 Å². The number of rotatable bonds is 2. The summed E-state index contributed by atoms with van der Waals surface area (Å²) in [4.78, 5) is 0. The van der Waals surface area contributed by atoms with Crippen molar-refractivity contribution in [1.29, 1.82) is 0 Å². The molecule has 0 saturated carbocycles. The van der Waals surface area contributed by atoms with E-state index in [1.807, 2.05) is 0 Å². The third kappa shape index (κ3) is 2.58. The fourth-order valence-electron chi connectivity index (χ4n) is 1.06. The summed E-state index contributed by atoms with van der Waals surface area (Å²) < 4.78 is 27.4. The van der Waals surface area contributed by atoms with Gasteiger partial charge in [0.05, 0.1) is 0 Å². The van der Waals surface area contributed by atoms with Gasteiger partial charge in [-0.05, 0) is 25.8 Å². The first kappa shape index (κ1) is 7.88. The van der Waals surface area contributed by atoms with E-state index in [4.69, 9.17) is 0 Å². The predicted molar refractivity (Wildman–Crippen MR) is 32.7 cm³/mol. The van der Waals surface area contributed by atoms with Crippen molar-refractivity contribution in [3.05, 3.63) is 0 Å². The summed E-state index contributed by atoms with van der Waals surface area (Å²) in [7, 11) is 0. The van der Waals surface area contributed by atoms with Gasteiger partial charge in [0.25, 0.3) is 0 Å². The van der Waals surface area contributed by atoms with Crippen molar-refractivity contribution < 1.29 is 13.5 Å². The fourth-order valence-corrected chi connectivity index (χ4v) is 1.06. The molecule has 1 rings (SSSR count). The second-order valence-corrected chi connectivity index (χ2v) is 2.34. The zero-order chi connectivity index (χ0) is 7.40. The molecule has 1 aliphatic heterocycles. The number of nitrogens with one attached hydrogen (secondary N) is 1. The van der Waals surface area contributed by atoms with E-state index in [1.165, 1.54) is 0 Å². The van der Waals surface area contributed by atoms with Crippen LogP contribution in [0.4, 0.5) is 8.78 Å². The predicted octanol–water partition coefficient (Wildman–Crippen LogP) is 1.33. The molecule has 0 aromatic carbocycles. The van der Waals surface area contributed by atoms with E-state index in [0.29, 0.717) is 6.42 Å². The summed E-state index contributed by atoms with van der Waals surface area (Å²) in [6.07, 6.45) is 2.31. The molecule has 0 aromatic heterocycles. The first-order chi connectivity index (χ1) is 4.79. The quantitative estimate of drug-likeness (QED) is 0.642. The molecule has 0 aliphatic carbocycles. The van der Waals surface area contributed by atoms with Gasteiger partial charge in [0, 0.05) is 0 Å². The number of hydrogen-bond donors (Lipinski definition) is 1. The smallest absolute Gasteiger partial charge is 0.304 e. The van der Waals surface area contributed by atoms with Crippen LogP contribution in [0, 0.1) is 0 Å². The molecule has 1 saturated heterocycles. The first-order valence-electron chi connectivity index (χ1n) is 3.46. The molecule has 60 valence electrons. The van der Waals surface area contributed by atoms with E-state index in [1.54, 1.807) is 0 Å². The highest BCUT2D eigenvalue weighted by atomic mass is 19.3. The van der Waals surface area contributed by atoms with E-state index >= 15 is 0 Å². The van der Waals surface area contributed by atoms with Gasteiger partial charge in [-0.1, -0.05) is 0 Å². The Labute approximate surface area is 58.6 Å². The van der Waals surface area contributed by atoms with Crippen LogP contribution in [0.2, 0.25) is 0 Å². The third-order valence-corrected chi connectivity index (χ3v) is 1.53. The highest BCUT2D eigenvalue weighted by molar-refractivity contribution is 4.62. The summed E-state index contributed by atoms with van der Waals surface area (Å²) in [5.41, 5.74) is 0. The molecule has 1 unspecified atom stereocenters. The molecular weight excluding hydrogens is 140 g/mol. The van der Waals surface area contributed by atoms with Crippen molar-refractivity contribution in [2.24, 2.45) is 0 Å². The molecule has 4 heteroatoms. The lowest BCUT2D eigenvalue weighted by molar-refractivity contribution is -0.175. The Kier molecular flexibility index (Phi) is 3.02. The highest BCUT2D eigenvalue weighted by Crippen LogP contribution is 2.10. The Morgan fingerprint density at radius 2 is 2.20 bits per heavy atom. The van der Waals surface area contributed by atoms with Gasteiger partial charge in [-0.3, -0.25) is 5.32 Å². The van der Waals surface area contributed by atoms with Crippen LogP contribution in [0.5, 0.6) is 0 Å². The molecule has 2 nitrogen and oxygen atoms in total. The fraction of sp³-hybridized carbons (Fsp3) is 1.00. The van der Waals surface area contributed by atoms with E-state index < -0.39 is 12.8 Å². The van der Waals surface area contributed by atoms with Crippen molar-refractivity contribution in [3.63, 3.8) is 0 Å². The van der Waals surface area contributed by atoms with Crippen LogP contribution in [-0.4, -0.2) is 19.4 Å². The molecule has 1 heterocycles. The summed E-state index contributed by atoms with van der Waals surface area (Å²) in [6.45, 7) is -1.85. The SMILES string of the molecule is FC(F)OC1CCCCN1. The monoisotopic (exact) mass is 151 g/mol. The Balaban J connectivity index is 2.13. The van der Waals surface area contributed by atoms with Gasteiger partial charge in [0.2, 0.25) is 0 Å². The van der Waals surface area contributed by atoms with Crippen molar-refractivity contribution >= 4 is 0 Å². The average Bonchev–Trinajstić information content (AvgIpc) is 1.88. The van der Waals surface area contributed by atoms with Crippen LogP contribution in [0.3, 0.4) is 0 Å². The highest BCUT2D eigenvalue weighted by Gasteiger charge is 2.16. The largest absolute Gasteiger partial charge is 0.346 e. The topological polar surface area (TPSA) is 21.3 Å². The van der Waals surface area contributed by atoms with Crippen LogP contribution in [-0.2, 0) is 4.74 Å². The molecular formula is C6H11F2NO. The second-order valence-electron chi connectivity index (χ2n) is 2.34. The van der Waals surface area contributed by atoms with Crippen molar-refractivity contribution in [2.75, 3.05) is 6.54 Å². The van der Waals surface area contributed by atoms with Crippen LogP contribution in [0.15, 0.2) is 0 Å². The summed E-state index contributed by atoms with van der Waals surface area (Å²) in [6, 6.07) is 0. The average molecular weight is 151 g/mol. The van der Waals surface area contributed by atoms with Gasteiger partial charge < -0.3 is 4.74 Å². The maximum absolute atomic E-state index is 11.6. The van der Waals surface area contributed by atoms with Crippen LogP contribution >= 0.6 is 0 Å². The second kappa shape index (κ2) is 3.83. The molecule has 1 aliphatic rings. The first-order valence-corrected chi connectivity index (χ1v) is 3.46. The van der Waals surface area contributed by atoms with E-state index in [0.717, 1.165) is 19.4 Å². The molecule has 0 bridgehead atoms. The zero-order valence-corrected chi connectivity index (χ0v) is 5.65. The Morgan fingerprint density at radius 1 is 1.40 bits per heavy atom. The van der Waals surface area contributed by atoms with Crippen LogP contribution < -0.4 is 5.32 Å². The maximum Gasteiger partial charge on any atom is 0.346 e. The molecule has 1 atom stereocenters. The Bertz CT molecular complexity index is 93.7. The standard InChI is InChI=1S/C6H11F2NO/c7-6(8)10-5-3-1-2-4-9-5/h5-6,9H,1-4H2. The zero-order valence-electron chi connectivity index (χ0n) is 5.65. The number of halogens is 2. The summed E-state index contributed by atoms with van der Waals surface area (Å²) >= 11 is 0. The molecule has 0 spiro atoms. The van der Waals surface area contributed by atoms with Gasteiger partial charge >= 0.3 is 6.61 Å². The minimum absolute atomic E-state index is 0.422. The van der Waals surface area contributed by atoms with Gasteiger partial charge in [0.15, 0.2) is 0 Å². The molecule has 0 radical (unpaired) electrons. The number of piperidine rings is 1. The van der Waals surface area contributed by atoms with E-state index in [9.17, 15) is 8.78 Å². The van der Waals surface area contributed by atoms with Gasteiger partial charge in [-0.25, -0.2) is 0 Å². The van der Waals surface area contributed by atoms with Crippen LogP contribution in [0.25, 0.3) is 0 Å². The summed E-state index contributed by atoms with van der Waals surface area (Å²) in [5, 5.41) is 2.85. The van der Waals surface area contributed by atoms with E-state index in [-0.39, 0.29) is 0 Å². The van der Waals surface area contributed by atoms with Gasteiger partial charge in [-0.2, -0.15) is 8.78 Å². The number of alkyl halides is 2. The Hall–Kier alpha value is -0.220. The molecule has 1 fully saturated rings. The maximum atomic E-state index is 11.6. The third-order valence-electron chi connectivity index (χ3n) is 1.53. The van der Waals surface area contributed by atoms with Gasteiger partial charge in [0.1, 0.15) is 6.23 Å². The normalized spacial score (nSPS) is 27.3.